The summed E-state index contributed by atoms with van der Waals surface area (Å²) in [6.45, 7) is 4.30. The highest BCUT2D eigenvalue weighted by atomic mass is 79.9. The highest BCUT2D eigenvalue weighted by Crippen LogP contribution is 2.64. The van der Waals surface area contributed by atoms with Gasteiger partial charge in [0.25, 0.3) is 5.91 Å². The van der Waals surface area contributed by atoms with Crippen LogP contribution in [0.2, 0.25) is 0 Å². The molecule has 4 rings (SSSR count). The number of esters is 1. The first-order valence-electron chi connectivity index (χ1n) is 8.53. The minimum absolute atomic E-state index is 0.129. The molecule has 0 saturated heterocycles. The van der Waals surface area contributed by atoms with Gasteiger partial charge in [-0.3, -0.25) is 9.59 Å². The maximum atomic E-state index is 12.8. The van der Waals surface area contributed by atoms with Crippen molar-refractivity contribution in [1.82, 2.24) is 5.32 Å². The molecule has 0 aliphatic heterocycles. The predicted octanol–water partition coefficient (Wildman–Crippen LogP) is 3.18. The van der Waals surface area contributed by atoms with Crippen molar-refractivity contribution in [2.24, 2.45) is 17.3 Å². The van der Waals surface area contributed by atoms with E-state index in [2.05, 4.69) is 21.2 Å². The first-order chi connectivity index (χ1) is 10.4. The molecule has 4 fully saturated rings. The molecular weight excluding hydrogens is 346 g/mol. The van der Waals surface area contributed by atoms with Crippen LogP contribution in [-0.4, -0.2) is 28.8 Å². The van der Waals surface area contributed by atoms with Crippen LogP contribution in [0.5, 0.6) is 0 Å². The number of carbonyl (C=O) groups excluding carboxylic acids is 2. The quantitative estimate of drug-likeness (QED) is 0.596. The van der Waals surface area contributed by atoms with Gasteiger partial charge in [-0.25, -0.2) is 0 Å². The van der Waals surface area contributed by atoms with Crippen LogP contribution in [0.1, 0.15) is 58.8 Å². The van der Waals surface area contributed by atoms with E-state index >= 15 is 0 Å². The van der Waals surface area contributed by atoms with Crippen LogP contribution < -0.4 is 5.32 Å². The van der Waals surface area contributed by atoms with Crippen molar-refractivity contribution in [1.29, 1.82) is 0 Å². The number of ether oxygens (including phenoxy) is 1. The van der Waals surface area contributed by atoms with Gasteiger partial charge in [-0.2, -0.15) is 0 Å². The van der Waals surface area contributed by atoms with Crippen LogP contribution in [0, 0.1) is 17.3 Å². The van der Waals surface area contributed by atoms with Gasteiger partial charge in [-0.1, -0.05) is 22.9 Å². The summed E-state index contributed by atoms with van der Waals surface area (Å²) < 4.78 is 5.70. The van der Waals surface area contributed by atoms with Crippen LogP contribution >= 0.6 is 15.9 Å². The van der Waals surface area contributed by atoms with E-state index in [1.807, 2.05) is 6.92 Å². The van der Waals surface area contributed by atoms with E-state index in [1.54, 1.807) is 6.92 Å². The van der Waals surface area contributed by atoms with E-state index in [1.165, 1.54) is 19.3 Å². The lowest BCUT2D eigenvalue weighted by Gasteiger charge is -2.58. The Labute approximate surface area is 140 Å². The molecule has 3 atom stereocenters. The largest absolute Gasteiger partial charge is 0.452 e. The van der Waals surface area contributed by atoms with Gasteiger partial charge >= 0.3 is 5.97 Å². The minimum atomic E-state index is -0.696. The van der Waals surface area contributed by atoms with Gasteiger partial charge in [0.15, 0.2) is 6.10 Å². The normalized spacial score (nSPS) is 40.3. The molecule has 0 spiro atoms. The second-order valence-corrected chi connectivity index (χ2v) is 9.41. The monoisotopic (exact) mass is 371 g/mol. The maximum absolute atomic E-state index is 12.8. The number of rotatable bonds is 5. The molecular formula is C17H26BrNO3. The summed E-state index contributed by atoms with van der Waals surface area (Å²) in [6.07, 6.45) is 6.57. The number of halogens is 1. The predicted molar refractivity (Wildman–Crippen MR) is 87.6 cm³/mol. The summed E-state index contributed by atoms with van der Waals surface area (Å²) in [6, 6.07) is 0. The second-order valence-electron chi connectivity index (χ2n) is 7.73. The molecule has 3 unspecified atom stereocenters. The summed E-state index contributed by atoms with van der Waals surface area (Å²) in [5.74, 6) is 0.938. The van der Waals surface area contributed by atoms with Crippen molar-refractivity contribution in [2.75, 3.05) is 6.54 Å². The lowest BCUT2D eigenvalue weighted by atomic mass is 9.49. The Balaban J connectivity index is 1.66. The summed E-state index contributed by atoms with van der Waals surface area (Å²) in [5.41, 5.74) is -0.354. The van der Waals surface area contributed by atoms with Gasteiger partial charge in [0, 0.05) is 10.9 Å². The third kappa shape index (κ3) is 2.93. The smallest absolute Gasteiger partial charge is 0.312 e. The van der Waals surface area contributed by atoms with Crippen molar-refractivity contribution in [3.8, 4) is 0 Å². The molecule has 4 nitrogen and oxygen atoms in total. The molecule has 0 radical (unpaired) electrons. The second kappa shape index (κ2) is 5.81. The van der Waals surface area contributed by atoms with Crippen LogP contribution in [0.3, 0.4) is 0 Å². The molecule has 0 heterocycles. The highest BCUT2D eigenvalue weighted by molar-refractivity contribution is 9.10. The van der Waals surface area contributed by atoms with Gasteiger partial charge in [0.1, 0.15) is 0 Å². The molecule has 4 aliphatic rings. The van der Waals surface area contributed by atoms with Crippen LogP contribution in [0.25, 0.3) is 0 Å². The SMILES string of the molecule is CCCNC(=O)C(C)OC(=O)C12CC3CC(CC(Br)(C3)C1)C2. The fourth-order valence-corrected chi connectivity index (χ4v) is 6.57. The molecule has 5 heteroatoms. The Morgan fingerprint density at radius 2 is 1.91 bits per heavy atom. The molecule has 0 aromatic carbocycles. The van der Waals surface area contributed by atoms with Gasteiger partial charge in [0.2, 0.25) is 0 Å². The van der Waals surface area contributed by atoms with E-state index in [0.29, 0.717) is 18.4 Å². The van der Waals surface area contributed by atoms with E-state index in [4.69, 9.17) is 4.74 Å². The maximum Gasteiger partial charge on any atom is 0.312 e. The highest BCUT2D eigenvalue weighted by Gasteiger charge is 2.60. The summed E-state index contributed by atoms with van der Waals surface area (Å²) in [5, 5.41) is 2.79. The molecule has 1 N–H and O–H groups in total. The van der Waals surface area contributed by atoms with Gasteiger partial charge in [0.05, 0.1) is 5.41 Å². The first kappa shape index (κ1) is 16.3. The molecule has 4 bridgehead atoms. The fraction of sp³-hybridized carbons (Fsp3) is 0.882. The average molecular weight is 372 g/mol. The number of carbonyl (C=O) groups is 2. The van der Waals surface area contributed by atoms with Gasteiger partial charge < -0.3 is 10.1 Å². The Morgan fingerprint density at radius 1 is 1.27 bits per heavy atom. The zero-order valence-electron chi connectivity index (χ0n) is 13.5. The fourth-order valence-electron chi connectivity index (χ4n) is 5.12. The van der Waals surface area contributed by atoms with E-state index in [0.717, 1.165) is 25.7 Å². The summed E-state index contributed by atoms with van der Waals surface area (Å²) >= 11 is 3.90. The minimum Gasteiger partial charge on any atom is -0.452 e. The Bertz CT molecular complexity index is 465. The third-order valence-electron chi connectivity index (χ3n) is 5.62. The number of nitrogens with one attached hydrogen (secondary N) is 1. The number of amides is 1. The summed E-state index contributed by atoms with van der Waals surface area (Å²) in [4.78, 5) is 24.7. The van der Waals surface area contributed by atoms with E-state index in [-0.39, 0.29) is 21.6 Å². The van der Waals surface area contributed by atoms with Crippen molar-refractivity contribution in [3.63, 3.8) is 0 Å². The van der Waals surface area contributed by atoms with Crippen molar-refractivity contribution in [2.45, 2.75) is 69.2 Å². The van der Waals surface area contributed by atoms with Crippen LogP contribution in [-0.2, 0) is 14.3 Å². The van der Waals surface area contributed by atoms with Crippen molar-refractivity contribution < 1.29 is 14.3 Å². The Kier molecular flexibility index (Phi) is 4.30. The molecule has 22 heavy (non-hydrogen) atoms. The molecule has 4 aliphatic carbocycles. The van der Waals surface area contributed by atoms with Crippen LogP contribution in [0.4, 0.5) is 0 Å². The first-order valence-corrected chi connectivity index (χ1v) is 9.33. The third-order valence-corrected chi connectivity index (χ3v) is 6.55. The zero-order valence-corrected chi connectivity index (χ0v) is 15.1. The lowest BCUT2D eigenvalue weighted by molar-refractivity contribution is -0.176. The van der Waals surface area contributed by atoms with Crippen molar-refractivity contribution in [3.05, 3.63) is 0 Å². The Morgan fingerprint density at radius 3 is 2.45 bits per heavy atom. The zero-order chi connectivity index (χ0) is 16.0. The van der Waals surface area contributed by atoms with E-state index in [9.17, 15) is 9.59 Å². The average Bonchev–Trinajstić information content (AvgIpc) is 2.41. The topological polar surface area (TPSA) is 55.4 Å². The molecule has 0 aromatic rings. The number of hydrogen-bond acceptors (Lipinski definition) is 3. The Hall–Kier alpha value is -0.580. The molecule has 124 valence electrons. The van der Waals surface area contributed by atoms with Gasteiger partial charge in [-0.15, -0.1) is 0 Å². The lowest BCUT2D eigenvalue weighted by Crippen LogP contribution is -2.56. The van der Waals surface area contributed by atoms with E-state index < -0.39 is 6.10 Å². The summed E-state index contributed by atoms with van der Waals surface area (Å²) in [7, 11) is 0. The number of alkyl halides is 1. The molecule has 0 aromatic heterocycles. The number of hydrogen-bond donors (Lipinski definition) is 1. The molecule has 1 amide bonds. The van der Waals surface area contributed by atoms with Gasteiger partial charge in [-0.05, 0) is 63.7 Å². The van der Waals surface area contributed by atoms with Crippen molar-refractivity contribution >= 4 is 27.8 Å². The van der Waals surface area contributed by atoms with Crippen LogP contribution in [0.15, 0.2) is 0 Å². The standard InChI is InChI=1S/C17H26BrNO3/c1-3-4-19-14(20)11(2)22-15(21)16-6-12-5-13(7-16)9-17(18,8-12)10-16/h11-13H,3-10H2,1-2H3,(H,19,20). The molecule has 4 saturated carbocycles.